The van der Waals surface area contributed by atoms with Crippen molar-refractivity contribution in [2.24, 2.45) is 0 Å². The molecule has 0 aliphatic rings. The van der Waals surface area contributed by atoms with Crippen LogP contribution in [0.25, 0.3) is 0 Å². The number of amides is 1. The second kappa shape index (κ2) is 8.24. The molecule has 0 saturated carbocycles. The standard InChI is InChI=1S/C19H23NO4/c1-5-15(24-16-9-7-6-8-13(16)2)19(21)20-14-10-11-17(22-3)18(12-14)23-4/h6-12,15H,5H2,1-4H3,(H,20,21)/t15-/m0/s1. The van der Waals surface area contributed by atoms with Crippen molar-refractivity contribution in [2.45, 2.75) is 26.4 Å². The fraction of sp³-hybridized carbons (Fsp3) is 0.316. The van der Waals surface area contributed by atoms with E-state index in [1.54, 1.807) is 32.4 Å². The van der Waals surface area contributed by atoms with Gasteiger partial charge in [-0.3, -0.25) is 4.79 Å². The van der Waals surface area contributed by atoms with Crippen molar-refractivity contribution in [3.05, 3.63) is 48.0 Å². The minimum absolute atomic E-state index is 0.201. The molecule has 2 rings (SSSR count). The van der Waals surface area contributed by atoms with E-state index in [-0.39, 0.29) is 5.91 Å². The quantitative estimate of drug-likeness (QED) is 0.839. The van der Waals surface area contributed by atoms with Gasteiger partial charge >= 0.3 is 0 Å². The molecule has 2 aromatic rings. The molecule has 0 aliphatic carbocycles. The van der Waals surface area contributed by atoms with Gasteiger partial charge in [-0.2, -0.15) is 0 Å². The number of para-hydroxylation sites is 1. The molecule has 0 saturated heterocycles. The summed E-state index contributed by atoms with van der Waals surface area (Å²) >= 11 is 0. The Hall–Kier alpha value is -2.69. The molecule has 128 valence electrons. The summed E-state index contributed by atoms with van der Waals surface area (Å²) in [6.07, 6.45) is -0.00723. The number of methoxy groups -OCH3 is 2. The largest absolute Gasteiger partial charge is 0.493 e. The highest BCUT2D eigenvalue weighted by atomic mass is 16.5. The van der Waals surface area contributed by atoms with E-state index in [9.17, 15) is 4.79 Å². The van der Waals surface area contributed by atoms with Crippen molar-refractivity contribution in [2.75, 3.05) is 19.5 Å². The molecule has 0 aliphatic heterocycles. The smallest absolute Gasteiger partial charge is 0.265 e. The Labute approximate surface area is 142 Å². The number of carbonyl (C=O) groups excluding carboxylic acids is 1. The summed E-state index contributed by atoms with van der Waals surface area (Å²) in [5.41, 5.74) is 1.62. The lowest BCUT2D eigenvalue weighted by molar-refractivity contribution is -0.122. The number of rotatable bonds is 7. The lowest BCUT2D eigenvalue weighted by Gasteiger charge is -2.19. The molecule has 5 nitrogen and oxygen atoms in total. The highest BCUT2D eigenvalue weighted by Gasteiger charge is 2.19. The van der Waals surface area contributed by atoms with Crippen LogP contribution in [0.5, 0.6) is 17.2 Å². The van der Waals surface area contributed by atoms with Gasteiger partial charge in [-0.05, 0) is 37.1 Å². The average molecular weight is 329 g/mol. The number of anilines is 1. The maximum absolute atomic E-state index is 12.5. The molecular weight excluding hydrogens is 306 g/mol. The molecule has 1 N–H and O–H groups in total. The Morgan fingerprint density at radius 2 is 1.75 bits per heavy atom. The molecule has 0 heterocycles. The van der Waals surface area contributed by atoms with E-state index in [0.717, 1.165) is 5.56 Å². The van der Waals surface area contributed by atoms with Gasteiger partial charge in [-0.25, -0.2) is 0 Å². The average Bonchev–Trinajstić information content (AvgIpc) is 2.60. The minimum Gasteiger partial charge on any atom is -0.493 e. The van der Waals surface area contributed by atoms with E-state index in [1.807, 2.05) is 38.1 Å². The van der Waals surface area contributed by atoms with Gasteiger partial charge in [0.15, 0.2) is 17.6 Å². The zero-order valence-corrected chi connectivity index (χ0v) is 14.5. The molecule has 0 radical (unpaired) electrons. The summed E-state index contributed by atoms with van der Waals surface area (Å²) in [4.78, 5) is 12.5. The van der Waals surface area contributed by atoms with Crippen LogP contribution >= 0.6 is 0 Å². The van der Waals surface area contributed by atoms with E-state index in [2.05, 4.69) is 5.32 Å². The number of benzene rings is 2. The van der Waals surface area contributed by atoms with Gasteiger partial charge in [-0.15, -0.1) is 0 Å². The summed E-state index contributed by atoms with van der Waals surface area (Å²) in [5, 5.41) is 2.86. The van der Waals surface area contributed by atoms with Crippen LogP contribution in [0.1, 0.15) is 18.9 Å². The molecule has 0 fully saturated rings. The molecule has 2 aromatic carbocycles. The first-order chi connectivity index (χ1) is 11.6. The zero-order chi connectivity index (χ0) is 17.5. The monoisotopic (exact) mass is 329 g/mol. The summed E-state index contributed by atoms with van der Waals surface area (Å²) in [7, 11) is 3.12. The van der Waals surface area contributed by atoms with Crippen LogP contribution in [0.4, 0.5) is 5.69 Å². The second-order valence-electron chi connectivity index (χ2n) is 5.34. The third-order valence-electron chi connectivity index (χ3n) is 3.68. The maximum atomic E-state index is 12.5. The van der Waals surface area contributed by atoms with E-state index in [0.29, 0.717) is 29.4 Å². The Morgan fingerprint density at radius 3 is 2.38 bits per heavy atom. The molecular formula is C19H23NO4. The molecule has 0 bridgehead atoms. The van der Waals surface area contributed by atoms with Crippen molar-refractivity contribution < 1.29 is 19.0 Å². The van der Waals surface area contributed by atoms with E-state index in [1.165, 1.54) is 0 Å². The van der Waals surface area contributed by atoms with Crippen LogP contribution in [-0.2, 0) is 4.79 Å². The van der Waals surface area contributed by atoms with Crippen LogP contribution < -0.4 is 19.5 Å². The van der Waals surface area contributed by atoms with Gasteiger partial charge in [0.1, 0.15) is 5.75 Å². The predicted octanol–water partition coefficient (Wildman–Crippen LogP) is 3.81. The summed E-state index contributed by atoms with van der Waals surface area (Å²) in [5.74, 6) is 1.68. The van der Waals surface area contributed by atoms with Crippen LogP contribution in [-0.4, -0.2) is 26.2 Å². The number of hydrogen-bond donors (Lipinski definition) is 1. The topological polar surface area (TPSA) is 56.8 Å². The Morgan fingerprint density at radius 1 is 1.04 bits per heavy atom. The molecule has 1 atom stereocenters. The first-order valence-electron chi connectivity index (χ1n) is 7.84. The molecule has 24 heavy (non-hydrogen) atoms. The number of ether oxygens (including phenoxy) is 3. The van der Waals surface area contributed by atoms with Crippen LogP contribution in [0, 0.1) is 6.92 Å². The molecule has 1 amide bonds. The Kier molecular flexibility index (Phi) is 6.07. The van der Waals surface area contributed by atoms with Crippen molar-refractivity contribution in [3.63, 3.8) is 0 Å². The summed E-state index contributed by atoms with van der Waals surface area (Å²) < 4.78 is 16.3. The molecule has 0 aromatic heterocycles. The van der Waals surface area contributed by atoms with Crippen molar-refractivity contribution >= 4 is 11.6 Å². The van der Waals surface area contributed by atoms with Gasteiger partial charge in [0.05, 0.1) is 14.2 Å². The fourth-order valence-corrected chi connectivity index (χ4v) is 2.30. The van der Waals surface area contributed by atoms with E-state index < -0.39 is 6.10 Å². The third-order valence-corrected chi connectivity index (χ3v) is 3.68. The normalized spacial score (nSPS) is 11.5. The molecule has 0 spiro atoms. The van der Waals surface area contributed by atoms with Gasteiger partial charge in [-0.1, -0.05) is 25.1 Å². The Bertz CT molecular complexity index is 700. The predicted molar refractivity (Wildman–Crippen MR) is 94.1 cm³/mol. The number of nitrogens with one attached hydrogen (secondary N) is 1. The number of carbonyl (C=O) groups is 1. The van der Waals surface area contributed by atoms with Gasteiger partial charge < -0.3 is 19.5 Å². The Balaban J connectivity index is 2.11. The SMILES string of the molecule is CC[C@H](Oc1ccccc1C)C(=O)Nc1ccc(OC)c(OC)c1. The van der Waals surface area contributed by atoms with E-state index >= 15 is 0 Å². The second-order valence-corrected chi connectivity index (χ2v) is 5.34. The molecule has 0 unspecified atom stereocenters. The minimum atomic E-state index is -0.570. The fourth-order valence-electron chi connectivity index (χ4n) is 2.30. The lowest BCUT2D eigenvalue weighted by Crippen LogP contribution is -2.32. The van der Waals surface area contributed by atoms with Crippen molar-refractivity contribution in [1.29, 1.82) is 0 Å². The highest BCUT2D eigenvalue weighted by molar-refractivity contribution is 5.94. The first kappa shape index (κ1) is 17.7. The number of hydrogen-bond acceptors (Lipinski definition) is 4. The highest BCUT2D eigenvalue weighted by Crippen LogP contribution is 2.30. The number of aryl methyl sites for hydroxylation is 1. The summed E-state index contributed by atoms with van der Waals surface area (Å²) in [6, 6.07) is 12.9. The van der Waals surface area contributed by atoms with Gasteiger partial charge in [0.25, 0.3) is 5.91 Å². The lowest BCUT2D eigenvalue weighted by atomic mass is 10.2. The summed E-state index contributed by atoms with van der Waals surface area (Å²) in [6.45, 7) is 3.87. The van der Waals surface area contributed by atoms with Crippen molar-refractivity contribution in [3.8, 4) is 17.2 Å². The zero-order valence-electron chi connectivity index (χ0n) is 14.5. The first-order valence-corrected chi connectivity index (χ1v) is 7.84. The van der Waals surface area contributed by atoms with Crippen LogP contribution in [0.15, 0.2) is 42.5 Å². The van der Waals surface area contributed by atoms with Crippen LogP contribution in [0.2, 0.25) is 0 Å². The molecule has 5 heteroatoms. The van der Waals surface area contributed by atoms with Crippen LogP contribution in [0.3, 0.4) is 0 Å². The van der Waals surface area contributed by atoms with E-state index in [4.69, 9.17) is 14.2 Å². The van der Waals surface area contributed by atoms with Gasteiger partial charge in [0.2, 0.25) is 0 Å². The maximum Gasteiger partial charge on any atom is 0.265 e. The third kappa shape index (κ3) is 4.19. The van der Waals surface area contributed by atoms with Gasteiger partial charge in [0, 0.05) is 11.8 Å². The van der Waals surface area contributed by atoms with Crippen molar-refractivity contribution in [1.82, 2.24) is 0 Å².